The van der Waals surface area contributed by atoms with E-state index in [1.807, 2.05) is 36.4 Å². The third-order valence-electron chi connectivity index (χ3n) is 3.74. The highest BCUT2D eigenvalue weighted by Crippen LogP contribution is 2.33. The molecule has 0 aliphatic rings. The van der Waals surface area contributed by atoms with Crippen LogP contribution in [-0.4, -0.2) is 4.98 Å². The van der Waals surface area contributed by atoms with Crippen LogP contribution in [0.15, 0.2) is 66.9 Å². The van der Waals surface area contributed by atoms with Crippen molar-refractivity contribution in [3.8, 4) is 23.1 Å². The summed E-state index contributed by atoms with van der Waals surface area (Å²) in [6.07, 6.45) is -3.01. The highest BCUT2D eigenvalue weighted by atomic mass is 19.4. The Labute approximate surface area is 148 Å². The summed E-state index contributed by atoms with van der Waals surface area (Å²) < 4.78 is 43.9. The summed E-state index contributed by atoms with van der Waals surface area (Å²) in [4.78, 5) is 4.16. The molecule has 0 atom stereocenters. The fourth-order valence-electron chi connectivity index (χ4n) is 2.42. The van der Waals surface area contributed by atoms with Gasteiger partial charge in [-0.25, -0.2) is 4.98 Å². The lowest BCUT2D eigenvalue weighted by atomic mass is 9.99. The number of hydrogen-bond donors (Lipinski definition) is 0. The lowest BCUT2D eigenvalue weighted by Crippen LogP contribution is -2.05. The first-order chi connectivity index (χ1) is 12.5. The van der Waals surface area contributed by atoms with Gasteiger partial charge in [-0.2, -0.15) is 18.4 Å². The minimum absolute atomic E-state index is 0.0559. The lowest BCUT2D eigenvalue weighted by molar-refractivity contribution is -0.137. The lowest BCUT2D eigenvalue weighted by Gasteiger charge is -2.10. The molecule has 0 bridgehead atoms. The smallest absolute Gasteiger partial charge is 0.416 e. The number of nitriles is 1. The fraction of sp³-hybridized carbons (Fsp3) is 0.100. The van der Waals surface area contributed by atoms with Gasteiger partial charge in [0.1, 0.15) is 6.61 Å². The van der Waals surface area contributed by atoms with Crippen LogP contribution in [0.4, 0.5) is 13.2 Å². The Kier molecular flexibility index (Phi) is 4.90. The Morgan fingerprint density at radius 2 is 1.77 bits per heavy atom. The van der Waals surface area contributed by atoms with Gasteiger partial charge in [-0.15, -0.1) is 0 Å². The van der Waals surface area contributed by atoms with Crippen molar-refractivity contribution in [3.63, 3.8) is 0 Å². The second kappa shape index (κ2) is 7.28. The average molecular weight is 354 g/mol. The van der Waals surface area contributed by atoms with Crippen molar-refractivity contribution < 1.29 is 17.9 Å². The normalized spacial score (nSPS) is 11.0. The van der Waals surface area contributed by atoms with E-state index in [1.165, 1.54) is 12.3 Å². The Bertz CT molecular complexity index is 930. The molecule has 6 heteroatoms. The van der Waals surface area contributed by atoms with Crippen molar-refractivity contribution in [3.05, 3.63) is 83.6 Å². The molecule has 0 aliphatic heterocycles. The molecular formula is C20H13F3N2O. The Balaban J connectivity index is 1.79. The number of rotatable bonds is 4. The highest BCUT2D eigenvalue weighted by molar-refractivity contribution is 5.70. The Hall–Kier alpha value is -3.33. The maximum Gasteiger partial charge on any atom is 0.416 e. The molecule has 0 unspecified atom stereocenters. The maximum atomic E-state index is 12.8. The van der Waals surface area contributed by atoms with E-state index in [9.17, 15) is 18.4 Å². The van der Waals surface area contributed by atoms with E-state index in [0.29, 0.717) is 23.6 Å². The monoisotopic (exact) mass is 354 g/mol. The number of ether oxygens (including phenoxy) is 1. The summed E-state index contributed by atoms with van der Waals surface area (Å²) in [5, 5.41) is 9.17. The van der Waals surface area contributed by atoms with E-state index in [2.05, 4.69) is 4.98 Å². The van der Waals surface area contributed by atoms with Gasteiger partial charge in [0, 0.05) is 23.4 Å². The van der Waals surface area contributed by atoms with E-state index < -0.39 is 11.7 Å². The summed E-state index contributed by atoms with van der Waals surface area (Å²) in [7, 11) is 0. The molecule has 130 valence electrons. The third-order valence-corrected chi connectivity index (χ3v) is 3.74. The summed E-state index contributed by atoms with van der Waals surface area (Å²) in [5.41, 5.74) is 1.02. The first-order valence-corrected chi connectivity index (χ1v) is 7.72. The molecule has 0 saturated heterocycles. The van der Waals surface area contributed by atoms with Gasteiger partial charge in [0.15, 0.2) is 0 Å². The van der Waals surface area contributed by atoms with Crippen molar-refractivity contribution in [2.24, 2.45) is 0 Å². The summed E-state index contributed by atoms with van der Waals surface area (Å²) >= 11 is 0. The SMILES string of the molecule is N#Cc1cc(C(F)(F)F)ccc1-c1ccc(OCc2ccccc2)nc1. The van der Waals surface area contributed by atoms with Crippen molar-refractivity contribution in [2.75, 3.05) is 0 Å². The highest BCUT2D eigenvalue weighted by Gasteiger charge is 2.31. The minimum Gasteiger partial charge on any atom is -0.473 e. The first-order valence-electron chi connectivity index (χ1n) is 7.72. The van der Waals surface area contributed by atoms with Crippen LogP contribution in [0.1, 0.15) is 16.7 Å². The van der Waals surface area contributed by atoms with Crippen molar-refractivity contribution in [1.82, 2.24) is 4.98 Å². The van der Waals surface area contributed by atoms with Crippen LogP contribution in [-0.2, 0) is 12.8 Å². The van der Waals surface area contributed by atoms with Crippen LogP contribution in [0.25, 0.3) is 11.1 Å². The van der Waals surface area contributed by atoms with E-state index in [0.717, 1.165) is 17.7 Å². The van der Waals surface area contributed by atoms with E-state index in [4.69, 9.17) is 4.74 Å². The molecule has 0 aliphatic carbocycles. The molecule has 1 heterocycles. The number of nitrogens with zero attached hydrogens (tertiary/aromatic N) is 2. The molecule has 0 saturated carbocycles. The molecule has 26 heavy (non-hydrogen) atoms. The number of halogens is 3. The Morgan fingerprint density at radius 3 is 2.38 bits per heavy atom. The molecule has 0 N–H and O–H groups in total. The predicted octanol–water partition coefficient (Wildman–Crippen LogP) is 5.22. The molecule has 1 aromatic heterocycles. The predicted molar refractivity (Wildman–Crippen MR) is 90.2 cm³/mol. The molecule has 0 fully saturated rings. The van der Waals surface area contributed by atoms with Crippen molar-refractivity contribution in [2.45, 2.75) is 12.8 Å². The molecule has 0 spiro atoms. The van der Waals surface area contributed by atoms with Crippen LogP contribution in [0, 0.1) is 11.3 Å². The number of pyridine rings is 1. The summed E-state index contributed by atoms with van der Waals surface area (Å²) in [6.45, 7) is 0.358. The van der Waals surface area contributed by atoms with Crippen LogP contribution < -0.4 is 4.74 Å². The zero-order valence-corrected chi connectivity index (χ0v) is 13.5. The zero-order chi connectivity index (χ0) is 18.6. The van der Waals surface area contributed by atoms with E-state index >= 15 is 0 Å². The van der Waals surface area contributed by atoms with E-state index in [1.54, 1.807) is 12.1 Å². The van der Waals surface area contributed by atoms with Crippen molar-refractivity contribution >= 4 is 0 Å². The zero-order valence-electron chi connectivity index (χ0n) is 13.5. The number of benzene rings is 2. The fourth-order valence-corrected chi connectivity index (χ4v) is 2.42. The quantitative estimate of drug-likeness (QED) is 0.645. The van der Waals surface area contributed by atoms with Crippen LogP contribution in [0.5, 0.6) is 5.88 Å². The molecule has 0 amide bonds. The Morgan fingerprint density at radius 1 is 1.00 bits per heavy atom. The van der Waals surface area contributed by atoms with Crippen LogP contribution in [0.2, 0.25) is 0 Å². The summed E-state index contributed by atoms with van der Waals surface area (Å²) in [5.74, 6) is 0.392. The van der Waals surface area contributed by atoms with Gasteiger partial charge >= 0.3 is 6.18 Å². The summed E-state index contributed by atoms with van der Waals surface area (Å²) in [6, 6.07) is 17.7. The van der Waals surface area contributed by atoms with Crippen molar-refractivity contribution in [1.29, 1.82) is 5.26 Å². The second-order valence-electron chi connectivity index (χ2n) is 5.53. The van der Waals surface area contributed by atoms with Crippen LogP contribution >= 0.6 is 0 Å². The topological polar surface area (TPSA) is 45.9 Å². The van der Waals surface area contributed by atoms with Gasteiger partial charge in [-0.1, -0.05) is 36.4 Å². The van der Waals surface area contributed by atoms with Gasteiger partial charge in [0.25, 0.3) is 0 Å². The van der Waals surface area contributed by atoms with Gasteiger partial charge < -0.3 is 4.74 Å². The molecule has 2 aromatic carbocycles. The van der Waals surface area contributed by atoms with Crippen LogP contribution in [0.3, 0.4) is 0 Å². The van der Waals surface area contributed by atoms with Gasteiger partial charge in [-0.3, -0.25) is 0 Å². The molecule has 3 aromatic rings. The number of hydrogen-bond acceptors (Lipinski definition) is 3. The number of alkyl halides is 3. The maximum absolute atomic E-state index is 12.8. The van der Waals surface area contributed by atoms with E-state index in [-0.39, 0.29) is 5.56 Å². The standard InChI is InChI=1S/C20H13F3N2O/c21-20(22,23)17-7-8-18(16(10-17)11-24)15-6-9-19(25-12-15)26-13-14-4-2-1-3-5-14/h1-10,12H,13H2. The average Bonchev–Trinajstić information content (AvgIpc) is 2.66. The number of aromatic nitrogens is 1. The van der Waals surface area contributed by atoms with Gasteiger partial charge in [-0.05, 0) is 23.8 Å². The first kappa shape index (κ1) is 17.5. The molecular weight excluding hydrogens is 341 g/mol. The van der Waals surface area contributed by atoms with Gasteiger partial charge in [0.2, 0.25) is 5.88 Å². The van der Waals surface area contributed by atoms with Gasteiger partial charge in [0.05, 0.1) is 17.2 Å². The largest absolute Gasteiger partial charge is 0.473 e. The molecule has 3 nitrogen and oxygen atoms in total. The third kappa shape index (κ3) is 4.01. The molecule has 3 rings (SSSR count). The second-order valence-corrected chi connectivity index (χ2v) is 5.53. The molecule has 0 radical (unpaired) electrons. The minimum atomic E-state index is -4.49.